The minimum absolute atomic E-state index is 0.0874. The van der Waals surface area contributed by atoms with Crippen LogP contribution >= 0.6 is 11.6 Å². The lowest BCUT2D eigenvalue weighted by Crippen LogP contribution is -2.56. The Kier molecular flexibility index (Phi) is 8.37. The summed E-state index contributed by atoms with van der Waals surface area (Å²) in [7, 11) is -0.521. The molecule has 2 amide bonds. The number of fused-ring (bicyclic) bond motifs is 1. The van der Waals surface area contributed by atoms with Crippen molar-refractivity contribution in [3.05, 3.63) is 47.1 Å². The summed E-state index contributed by atoms with van der Waals surface area (Å²) < 4.78 is 32.8. The van der Waals surface area contributed by atoms with E-state index in [1.54, 1.807) is 19.1 Å². The zero-order valence-electron chi connectivity index (χ0n) is 24.6. The molecule has 220 valence electrons. The molecule has 1 saturated carbocycles. The van der Waals surface area contributed by atoms with E-state index in [0.29, 0.717) is 34.7 Å². The summed E-state index contributed by atoms with van der Waals surface area (Å²) in [5, 5.41) is 5.88. The van der Waals surface area contributed by atoms with Crippen molar-refractivity contribution >= 4 is 48.7 Å². The van der Waals surface area contributed by atoms with E-state index in [4.69, 9.17) is 25.5 Å². The molecular weight excluding hydrogens is 567 g/mol. The normalized spacial score (nSPS) is 18.9. The van der Waals surface area contributed by atoms with Crippen molar-refractivity contribution in [2.24, 2.45) is 0 Å². The molecule has 0 unspecified atom stereocenters. The van der Waals surface area contributed by atoms with E-state index in [2.05, 4.69) is 61.4 Å². The highest BCUT2D eigenvalue weighted by atomic mass is 35.5. The first-order valence-corrected chi connectivity index (χ1v) is 16.6. The molecule has 0 aliphatic heterocycles. The second-order valence-electron chi connectivity index (χ2n) is 12.2. The molecule has 1 fully saturated rings. The molecule has 0 spiro atoms. The molecule has 0 atom stereocenters. The second-order valence-corrected chi connectivity index (χ2v) is 17.3. The largest absolute Gasteiger partial charge is 0.446 e. The van der Waals surface area contributed by atoms with Gasteiger partial charge in [0.1, 0.15) is 17.7 Å². The fraction of sp³-hybridized carbons (Fsp3) is 0.448. The Morgan fingerprint density at radius 2 is 1.80 bits per heavy atom. The number of pyridine rings is 2. The summed E-state index contributed by atoms with van der Waals surface area (Å²) in [4.78, 5) is 32.7. The minimum atomic E-state index is -1.95. The fourth-order valence-corrected chi connectivity index (χ4v) is 6.61. The van der Waals surface area contributed by atoms with E-state index in [1.165, 1.54) is 25.6 Å². The summed E-state index contributed by atoms with van der Waals surface area (Å²) in [6, 6.07) is 3.17. The average Bonchev–Trinajstić information content (AvgIpc) is 2.85. The SMILES string of the molecule is CNC(=O)Oc1cncc(-c2cc3cc(NC(=O)OC4CC(C)(O[Si](C)(C)C(C)(C)C)C4)ncc3c(Cl)c2F)c1C. The van der Waals surface area contributed by atoms with Gasteiger partial charge in [0.15, 0.2) is 14.1 Å². The van der Waals surface area contributed by atoms with Gasteiger partial charge in [-0.3, -0.25) is 10.3 Å². The number of halogens is 2. The highest BCUT2D eigenvalue weighted by Gasteiger charge is 2.50. The van der Waals surface area contributed by atoms with E-state index >= 15 is 4.39 Å². The van der Waals surface area contributed by atoms with E-state index < -0.39 is 26.3 Å². The summed E-state index contributed by atoms with van der Waals surface area (Å²) >= 11 is 6.38. The van der Waals surface area contributed by atoms with E-state index in [1.807, 2.05) is 0 Å². The Hall–Kier alpha value is -3.28. The molecule has 2 aromatic heterocycles. The smallest absolute Gasteiger partial charge is 0.413 e. The maximum atomic E-state index is 15.4. The molecule has 3 aromatic rings. The summed E-state index contributed by atoms with van der Waals surface area (Å²) in [6.07, 6.45) is 3.89. The van der Waals surface area contributed by atoms with Crippen LogP contribution in [-0.4, -0.2) is 49.2 Å². The number of hydrogen-bond donors (Lipinski definition) is 2. The van der Waals surface area contributed by atoms with Crippen LogP contribution < -0.4 is 15.4 Å². The van der Waals surface area contributed by atoms with Gasteiger partial charge >= 0.3 is 12.2 Å². The van der Waals surface area contributed by atoms with Gasteiger partial charge in [-0.1, -0.05) is 32.4 Å². The van der Waals surface area contributed by atoms with Gasteiger partial charge in [-0.05, 0) is 49.5 Å². The van der Waals surface area contributed by atoms with Crippen molar-refractivity contribution in [3.8, 4) is 16.9 Å². The van der Waals surface area contributed by atoms with Crippen LogP contribution in [0.1, 0.15) is 46.1 Å². The van der Waals surface area contributed by atoms with Crippen LogP contribution in [-0.2, 0) is 9.16 Å². The third-order valence-corrected chi connectivity index (χ3v) is 12.9. The first kappa shape index (κ1) is 30.7. The molecule has 1 aliphatic rings. The number of benzene rings is 1. The summed E-state index contributed by atoms with van der Waals surface area (Å²) in [5.74, 6) is -0.266. The number of nitrogens with one attached hydrogen (secondary N) is 2. The van der Waals surface area contributed by atoms with E-state index in [0.717, 1.165) is 0 Å². The lowest BCUT2D eigenvalue weighted by Gasteiger charge is -2.51. The van der Waals surface area contributed by atoms with Crippen LogP contribution in [0.4, 0.5) is 19.8 Å². The van der Waals surface area contributed by atoms with Crippen LogP contribution in [0.3, 0.4) is 0 Å². The molecule has 0 bridgehead atoms. The molecule has 12 heteroatoms. The molecule has 1 aliphatic carbocycles. The van der Waals surface area contributed by atoms with Gasteiger partial charge in [-0.15, -0.1) is 0 Å². The lowest BCUT2D eigenvalue weighted by molar-refractivity contribution is -0.0911. The number of anilines is 1. The molecular formula is C29H36ClFN4O5Si. The number of nitrogens with zero attached hydrogens (tertiary/aromatic N) is 2. The van der Waals surface area contributed by atoms with Crippen molar-refractivity contribution < 1.29 is 27.9 Å². The zero-order valence-corrected chi connectivity index (χ0v) is 26.3. The second kappa shape index (κ2) is 11.2. The van der Waals surface area contributed by atoms with Crippen molar-refractivity contribution in [2.75, 3.05) is 12.4 Å². The van der Waals surface area contributed by atoms with Gasteiger partial charge in [0.25, 0.3) is 0 Å². The first-order valence-electron chi connectivity index (χ1n) is 13.3. The highest BCUT2D eigenvalue weighted by Crippen LogP contribution is 2.46. The van der Waals surface area contributed by atoms with Crippen molar-refractivity contribution in [1.82, 2.24) is 15.3 Å². The molecule has 2 N–H and O–H groups in total. The van der Waals surface area contributed by atoms with Crippen molar-refractivity contribution in [3.63, 3.8) is 0 Å². The number of carbonyl (C=O) groups excluding carboxylic acids is 2. The van der Waals surface area contributed by atoms with Crippen LogP contribution in [0, 0.1) is 12.7 Å². The summed E-state index contributed by atoms with van der Waals surface area (Å²) in [6.45, 7) is 14.8. The van der Waals surface area contributed by atoms with Gasteiger partial charge < -0.3 is 19.2 Å². The van der Waals surface area contributed by atoms with Crippen LogP contribution in [0.2, 0.25) is 23.2 Å². The van der Waals surface area contributed by atoms with Gasteiger partial charge in [-0.25, -0.2) is 19.0 Å². The number of hydrogen-bond acceptors (Lipinski definition) is 7. The number of carbonyl (C=O) groups is 2. The fourth-order valence-electron chi connectivity index (χ4n) is 4.65. The molecule has 0 radical (unpaired) electrons. The molecule has 9 nitrogen and oxygen atoms in total. The number of rotatable bonds is 6. The Morgan fingerprint density at radius 3 is 2.44 bits per heavy atom. The maximum absolute atomic E-state index is 15.4. The number of aromatic nitrogens is 2. The highest BCUT2D eigenvalue weighted by molar-refractivity contribution is 6.74. The molecule has 1 aromatic carbocycles. The van der Waals surface area contributed by atoms with E-state index in [-0.39, 0.29) is 38.9 Å². The Balaban J connectivity index is 1.50. The average molecular weight is 603 g/mol. The Morgan fingerprint density at radius 1 is 1.12 bits per heavy atom. The predicted molar refractivity (Wildman–Crippen MR) is 160 cm³/mol. The number of amides is 2. The summed E-state index contributed by atoms with van der Waals surface area (Å²) in [5.41, 5.74) is 0.734. The number of ether oxygens (including phenoxy) is 2. The van der Waals surface area contributed by atoms with Crippen LogP contribution in [0.15, 0.2) is 30.7 Å². The standard InChI is InChI=1S/C29H36ClFN4O5Si/c1-16-20(13-33-15-22(16)39-26(36)32-6)19-9-17-10-23(34-14-21(17)24(30)25(19)31)35-27(37)38-18-11-29(5,12-18)40-41(7,8)28(2,3)4/h9-10,13-15,18H,11-12H2,1-8H3,(H,32,36)(H,34,35,37). The van der Waals surface area contributed by atoms with Crippen LogP contribution in [0.25, 0.3) is 21.9 Å². The maximum Gasteiger partial charge on any atom is 0.413 e. The first-order chi connectivity index (χ1) is 19.0. The van der Waals surface area contributed by atoms with Gasteiger partial charge in [-0.2, -0.15) is 0 Å². The van der Waals surface area contributed by atoms with Crippen LogP contribution in [0.5, 0.6) is 5.75 Å². The molecule has 4 rings (SSSR count). The zero-order chi connectivity index (χ0) is 30.3. The van der Waals surface area contributed by atoms with Gasteiger partial charge in [0.05, 0.1) is 16.8 Å². The lowest BCUT2D eigenvalue weighted by atomic mass is 9.79. The Bertz CT molecular complexity index is 1500. The quantitative estimate of drug-likeness (QED) is 0.279. The van der Waals surface area contributed by atoms with Crippen molar-refractivity contribution in [2.45, 2.75) is 77.3 Å². The third-order valence-electron chi connectivity index (χ3n) is 7.90. The Labute approximate surface area is 245 Å². The minimum Gasteiger partial charge on any atom is -0.446 e. The topological polar surface area (TPSA) is 112 Å². The molecule has 2 heterocycles. The van der Waals surface area contributed by atoms with E-state index in [9.17, 15) is 9.59 Å². The third kappa shape index (κ3) is 6.47. The predicted octanol–water partition coefficient (Wildman–Crippen LogP) is 7.61. The monoisotopic (exact) mass is 602 g/mol. The molecule has 41 heavy (non-hydrogen) atoms. The van der Waals surface area contributed by atoms with Crippen molar-refractivity contribution in [1.29, 1.82) is 0 Å². The van der Waals surface area contributed by atoms with Gasteiger partial charge in [0.2, 0.25) is 0 Å². The molecule has 0 saturated heterocycles. The van der Waals surface area contributed by atoms with Gasteiger partial charge in [0, 0.05) is 54.4 Å².